The summed E-state index contributed by atoms with van der Waals surface area (Å²) in [5, 5.41) is 10.0. The van der Waals surface area contributed by atoms with Crippen LogP contribution in [-0.2, 0) is 0 Å². The van der Waals surface area contributed by atoms with Crippen LogP contribution in [0.3, 0.4) is 0 Å². The number of benzene rings is 2. The van der Waals surface area contributed by atoms with Crippen molar-refractivity contribution in [2.45, 2.75) is 0 Å². The number of aromatic nitrogens is 3. The van der Waals surface area contributed by atoms with E-state index in [1.54, 1.807) is 34.8 Å². The topological polar surface area (TPSA) is 77.8 Å². The average Bonchev–Trinajstić information content (AvgIpc) is 3.28. The molecule has 10 heteroatoms. The Hall–Kier alpha value is -2.81. The number of carbonyl (C=O) groups is 1. The number of ether oxygens (including phenoxy) is 2. The maximum atomic E-state index is 12.7. The van der Waals surface area contributed by atoms with Gasteiger partial charge in [-0.15, -0.1) is 16.4 Å². The Morgan fingerprint density at radius 1 is 1.10 bits per heavy atom. The zero-order valence-corrected chi connectivity index (χ0v) is 17.6. The summed E-state index contributed by atoms with van der Waals surface area (Å²) in [5.74, 6) is 0.808. The molecule has 0 saturated carbocycles. The molecule has 0 aliphatic heterocycles. The molecule has 0 fully saturated rings. The minimum atomic E-state index is -0.383. The molecular weight excluding hydrogens is 435 g/mol. The van der Waals surface area contributed by atoms with Crippen molar-refractivity contribution < 1.29 is 14.3 Å². The summed E-state index contributed by atoms with van der Waals surface area (Å²) >= 11 is 13.7. The number of carbonyl (C=O) groups excluding carboxylic acids is 1. The van der Waals surface area contributed by atoms with Crippen LogP contribution in [0.25, 0.3) is 16.2 Å². The van der Waals surface area contributed by atoms with Crippen molar-refractivity contribution >= 4 is 51.4 Å². The monoisotopic (exact) mass is 448 g/mol. The van der Waals surface area contributed by atoms with Gasteiger partial charge >= 0.3 is 0 Å². The Morgan fingerprint density at radius 2 is 1.83 bits per heavy atom. The van der Waals surface area contributed by atoms with Crippen LogP contribution in [0.1, 0.15) is 10.4 Å². The first kappa shape index (κ1) is 19.5. The largest absolute Gasteiger partial charge is 0.497 e. The number of amides is 1. The van der Waals surface area contributed by atoms with Crippen molar-refractivity contribution in [3.8, 4) is 22.8 Å². The van der Waals surface area contributed by atoms with Crippen molar-refractivity contribution in [1.29, 1.82) is 0 Å². The number of nitrogens with zero attached hydrogens (tertiary/aromatic N) is 3. The molecule has 148 valence electrons. The highest BCUT2D eigenvalue weighted by molar-refractivity contribution is 7.15. The zero-order chi connectivity index (χ0) is 20.5. The van der Waals surface area contributed by atoms with E-state index in [4.69, 9.17) is 32.7 Å². The average molecular weight is 449 g/mol. The van der Waals surface area contributed by atoms with Gasteiger partial charge in [0, 0.05) is 27.6 Å². The third-order valence-corrected chi connectivity index (χ3v) is 5.49. The molecule has 1 N–H and O–H groups in total. The van der Waals surface area contributed by atoms with Gasteiger partial charge in [0.15, 0.2) is 0 Å². The maximum Gasteiger partial charge on any atom is 0.258 e. The Morgan fingerprint density at radius 3 is 2.48 bits per heavy atom. The highest BCUT2D eigenvalue weighted by Crippen LogP contribution is 2.33. The Labute approximate surface area is 179 Å². The quantitative estimate of drug-likeness (QED) is 0.462. The summed E-state index contributed by atoms with van der Waals surface area (Å²) in [6, 6.07) is 10.1. The number of nitrogens with one attached hydrogen (secondary N) is 1. The summed E-state index contributed by atoms with van der Waals surface area (Å²) in [4.78, 5) is 17.6. The predicted molar refractivity (Wildman–Crippen MR) is 114 cm³/mol. The van der Waals surface area contributed by atoms with Crippen LogP contribution in [0, 0.1) is 0 Å². The van der Waals surface area contributed by atoms with E-state index in [0.717, 1.165) is 11.3 Å². The molecule has 0 aliphatic rings. The van der Waals surface area contributed by atoms with Crippen LogP contribution < -0.4 is 14.8 Å². The third kappa shape index (κ3) is 3.87. The van der Waals surface area contributed by atoms with Gasteiger partial charge in [-0.05, 0) is 30.3 Å². The van der Waals surface area contributed by atoms with Crippen molar-refractivity contribution in [3.05, 3.63) is 57.4 Å². The molecule has 2 aromatic carbocycles. The first-order chi connectivity index (χ1) is 14.0. The van der Waals surface area contributed by atoms with Crippen molar-refractivity contribution in [3.63, 3.8) is 0 Å². The smallest absolute Gasteiger partial charge is 0.258 e. The Kier molecular flexibility index (Phi) is 5.31. The summed E-state index contributed by atoms with van der Waals surface area (Å²) in [7, 11) is 3.04. The van der Waals surface area contributed by atoms with Gasteiger partial charge in [-0.1, -0.05) is 23.2 Å². The number of anilines is 1. The lowest BCUT2D eigenvalue weighted by molar-refractivity contribution is 0.102. The second-order valence-electron chi connectivity index (χ2n) is 5.93. The van der Waals surface area contributed by atoms with Gasteiger partial charge in [0.05, 0.1) is 24.9 Å². The lowest BCUT2D eigenvalue weighted by Gasteiger charge is -2.07. The van der Waals surface area contributed by atoms with E-state index in [-0.39, 0.29) is 11.9 Å². The molecule has 0 unspecified atom stereocenters. The molecule has 7 nitrogen and oxygen atoms in total. The lowest BCUT2D eigenvalue weighted by Crippen LogP contribution is -2.13. The van der Waals surface area contributed by atoms with Gasteiger partial charge in [-0.2, -0.15) is 4.98 Å². The van der Waals surface area contributed by atoms with Gasteiger partial charge in [0.25, 0.3) is 11.9 Å². The lowest BCUT2D eigenvalue weighted by atomic mass is 10.2. The van der Waals surface area contributed by atoms with Gasteiger partial charge in [0.2, 0.25) is 4.96 Å². The number of hydrogen-bond acceptors (Lipinski definition) is 6. The van der Waals surface area contributed by atoms with E-state index in [0.29, 0.717) is 32.1 Å². The molecule has 0 radical (unpaired) electrons. The van der Waals surface area contributed by atoms with E-state index < -0.39 is 0 Å². The fraction of sp³-hybridized carbons (Fsp3) is 0.105. The Bertz CT molecular complexity index is 1200. The van der Waals surface area contributed by atoms with Crippen LogP contribution in [0.2, 0.25) is 10.0 Å². The summed E-state index contributed by atoms with van der Waals surface area (Å²) < 4.78 is 12.0. The van der Waals surface area contributed by atoms with Crippen molar-refractivity contribution in [2.75, 3.05) is 19.5 Å². The molecule has 29 heavy (non-hydrogen) atoms. The number of hydrogen-bond donors (Lipinski definition) is 1. The number of thiazole rings is 1. The van der Waals surface area contributed by atoms with Crippen LogP contribution >= 0.6 is 34.5 Å². The second-order valence-corrected chi connectivity index (χ2v) is 7.61. The first-order valence-electron chi connectivity index (χ1n) is 8.32. The van der Waals surface area contributed by atoms with E-state index in [2.05, 4.69) is 15.4 Å². The normalized spacial score (nSPS) is 10.9. The summed E-state index contributed by atoms with van der Waals surface area (Å²) in [6.07, 6.45) is 0. The third-order valence-electron chi connectivity index (χ3n) is 4.13. The van der Waals surface area contributed by atoms with Gasteiger partial charge in [-0.3, -0.25) is 10.1 Å². The molecule has 0 saturated heterocycles. The minimum absolute atomic E-state index is 0.176. The number of halogens is 2. The van der Waals surface area contributed by atoms with E-state index >= 15 is 0 Å². The summed E-state index contributed by atoms with van der Waals surface area (Å²) in [6.45, 7) is 0. The molecule has 4 rings (SSSR count). The van der Waals surface area contributed by atoms with Crippen molar-refractivity contribution in [1.82, 2.24) is 14.6 Å². The van der Waals surface area contributed by atoms with E-state index in [1.165, 1.54) is 25.6 Å². The summed E-state index contributed by atoms with van der Waals surface area (Å²) in [5.41, 5.74) is 1.88. The van der Waals surface area contributed by atoms with Crippen LogP contribution in [0.5, 0.6) is 11.5 Å². The maximum absolute atomic E-state index is 12.7. The standard InChI is InChI=1S/C19H14Cl2N4O3S/c1-27-12-5-10(6-13(8-12)28-2)17(26)22-18-23-19-25(24-18)16(9-29-19)14-4-3-11(20)7-15(14)21/h3-9H,1-2H3,(H,22,24,26). The molecular formula is C19H14Cl2N4O3S. The highest BCUT2D eigenvalue weighted by atomic mass is 35.5. The van der Waals surface area contributed by atoms with E-state index in [1.807, 2.05) is 11.4 Å². The highest BCUT2D eigenvalue weighted by Gasteiger charge is 2.17. The molecule has 2 heterocycles. The zero-order valence-electron chi connectivity index (χ0n) is 15.3. The van der Waals surface area contributed by atoms with Crippen LogP contribution in [0.4, 0.5) is 5.95 Å². The molecule has 1 amide bonds. The van der Waals surface area contributed by atoms with E-state index in [9.17, 15) is 4.79 Å². The SMILES string of the molecule is COc1cc(OC)cc(C(=O)Nc2nc3scc(-c4ccc(Cl)cc4Cl)n3n2)c1. The predicted octanol–water partition coefficient (Wildman–Crippen LogP) is 5.03. The molecule has 2 aromatic heterocycles. The number of methoxy groups -OCH3 is 2. The minimum Gasteiger partial charge on any atom is -0.497 e. The number of fused-ring (bicyclic) bond motifs is 1. The van der Waals surface area contributed by atoms with Crippen LogP contribution in [-0.4, -0.2) is 34.7 Å². The van der Waals surface area contributed by atoms with Crippen LogP contribution in [0.15, 0.2) is 41.8 Å². The first-order valence-corrected chi connectivity index (χ1v) is 9.96. The van der Waals surface area contributed by atoms with Gasteiger partial charge in [0.1, 0.15) is 11.5 Å². The molecule has 0 atom stereocenters. The fourth-order valence-electron chi connectivity index (χ4n) is 2.73. The van der Waals surface area contributed by atoms with Crippen molar-refractivity contribution in [2.24, 2.45) is 0 Å². The number of rotatable bonds is 5. The molecule has 0 bridgehead atoms. The van der Waals surface area contributed by atoms with Gasteiger partial charge in [-0.25, -0.2) is 4.52 Å². The molecule has 0 spiro atoms. The Balaban J connectivity index is 1.64. The molecule has 0 aliphatic carbocycles. The molecule has 4 aromatic rings. The van der Waals surface area contributed by atoms with Gasteiger partial charge < -0.3 is 9.47 Å². The second kappa shape index (κ2) is 7.90. The fourth-order valence-corrected chi connectivity index (χ4v) is 4.06.